The van der Waals surface area contributed by atoms with Crippen LogP contribution < -0.4 is 5.32 Å². The van der Waals surface area contributed by atoms with Crippen LogP contribution in [0.15, 0.2) is 0 Å². The molecule has 0 aromatic carbocycles. The number of nitrogens with one attached hydrogen (secondary N) is 1. The van der Waals surface area contributed by atoms with Gasteiger partial charge >= 0.3 is 0 Å². The molecule has 0 amide bonds. The largest absolute Gasteiger partial charge is 0.310 e. The van der Waals surface area contributed by atoms with Gasteiger partial charge in [-0.15, -0.1) is 0 Å². The summed E-state index contributed by atoms with van der Waals surface area (Å²) in [5.74, 6) is 0.451. The SMILES string of the molecule is CCS(=O)(=O)CC(C)NC(C)C(C)(C)C. The molecule has 0 rings (SSSR count). The smallest absolute Gasteiger partial charge is 0.151 e. The van der Waals surface area contributed by atoms with Crippen LogP contribution in [0.2, 0.25) is 0 Å². The monoisotopic (exact) mass is 235 g/mol. The van der Waals surface area contributed by atoms with E-state index in [0.717, 1.165) is 0 Å². The topological polar surface area (TPSA) is 46.2 Å². The standard InChI is InChI=1S/C11H25NO2S/c1-7-15(13,14)8-9(2)12-10(3)11(4,5)6/h9-10,12H,7-8H2,1-6H3. The Bertz CT molecular complexity index is 277. The van der Waals surface area contributed by atoms with Gasteiger partial charge in [-0.2, -0.15) is 0 Å². The Morgan fingerprint density at radius 2 is 1.67 bits per heavy atom. The van der Waals surface area contributed by atoms with Crippen LogP contribution in [0.5, 0.6) is 0 Å². The molecule has 4 heteroatoms. The summed E-state index contributed by atoms with van der Waals surface area (Å²) in [4.78, 5) is 0. The van der Waals surface area contributed by atoms with Crippen LogP contribution in [-0.4, -0.2) is 32.0 Å². The minimum Gasteiger partial charge on any atom is -0.310 e. The third-order valence-corrected chi connectivity index (χ3v) is 4.66. The van der Waals surface area contributed by atoms with E-state index < -0.39 is 9.84 Å². The molecule has 0 radical (unpaired) electrons. The van der Waals surface area contributed by atoms with Gasteiger partial charge in [0.2, 0.25) is 0 Å². The maximum absolute atomic E-state index is 11.4. The second-order valence-corrected chi connectivity index (χ2v) is 7.75. The molecule has 0 spiro atoms. The molecule has 0 aliphatic heterocycles. The fraction of sp³-hybridized carbons (Fsp3) is 1.00. The van der Waals surface area contributed by atoms with Gasteiger partial charge in [0.1, 0.15) is 0 Å². The molecule has 0 saturated carbocycles. The molecule has 0 aromatic heterocycles. The fourth-order valence-electron chi connectivity index (χ4n) is 1.22. The number of rotatable bonds is 5. The van der Waals surface area contributed by atoms with Crippen molar-refractivity contribution in [2.75, 3.05) is 11.5 Å². The lowest BCUT2D eigenvalue weighted by atomic mass is 9.88. The van der Waals surface area contributed by atoms with E-state index in [0.29, 0.717) is 6.04 Å². The van der Waals surface area contributed by atoms with Crippen molar-refractivity contribution in [2.24, 2.45) is 5.41 Å². The third-order valence-electron chi connectivity index (χ3n) is 2.78. The van der Waals surface area contributed by atoms with Crippen molar-refractivity contribution in [3.05, 3.63) is 0 Å². The van der Waals surface area contributed by atoms with E-state index in [1.54, 1.807) is 6.92 Å². The van der Waals surface area contributed by atoms with E-state index in [2.05, 4.69) is 33.0 Å². The molecule has 0 aliphatic carbocycles. The van der Waals surface area contributed by atoms with Crippen molar-refractivity contribution in [1.29, 1.82) is 0 Å². The van der Waals surface area contributed by atoms with E-state index in [9.17, 15) is 8.42 Å². The lowest BCUT2D eigenvalue weighted by Gasteiger charge is -2.31. The van der Waals surface area contributed by atoms with Crippen molar-refractivity contribution in [1.82, 2.24) is 5.32 Å². The molecule has 2 atom stereocenters. The normalized spacial score (nSPS) is 17.5. The molecule has 3 nitrogen and oxygen atoms in total. The molecule has 0 aromatic rings. The lowest BCUT2D eigenvalue weighted by Crippen LogP contribution is -2.45. The molecule has 15 heavy (non-hydrogen) atoms. The van der Waals surface area contributed by atoms with E-state index in [1.807, 2.05) is 6.92 Å². The van der Waals surface area contributed by atoms with Crippen molar-refractivity contribution < 1.29 is 8.42 Å². The summed E-state index contributed by atoms with van der Waals surface area (Å²) in [7, 11) is -2.87. The van der Waals surface area contributed by atoms with Crippen molar-refractivity contribution >= 4 is 9.84 Å². The zero-order valence-corrected chi connectivity index (χ0v) is 11.6. The highest BCUT2D eigenvalue weighted by molar-refractivity contribution is 7.91. The zero-order chi connectivity index (χ0) is 12.3. The highest BCUT2D eigenvalue weighted by atomic mass is 32.2. The van der Waals surface area contributed by atoms with E-state index >= 15 is 0 Å². The van der Waals surface area contributed by atoms with Gasteiger partial charge in [0, 0.05) is 17.8 Å². The van der Waals surface area contributed by atoms with Crippen LogP contribution in [0.3, 0.4) is 0 Å². The Morgan fingerprint density at radius 1 is 1.20 bits per heavy atom. The molecule has 0 saturated heterocycles. The van der Waals surface area contributed by atoms with Crippen LogP contribution in [-0.2, 0) is 9.84 Å². The summed E-state index contributed by atoms with van der Waals surface area (Å²) >= 11 is 0. The molecule has 0 bridgehead atoms. The first-order valence-corrected chi connectivity index (χ1v) is 7.37. The molecule has 0 aliphatic rings. The third kappa shape index (κ3) is 6.15. The van der Waals surface area contributed by atoms with Crippen LogP contribution >= 0.6 is 0 Å². The summed E-state index contributed by atoms with van der Waals surface area (Å²) < 4.78 is 22.8. The number of hydrogen-bond donors (Lipinski definition) is 1. The number of hydrogen-bond acceptors (Lipinski definition) is 3. The molecule has 2 unspecified atom stereocenters. The average molecular weight is 235 g/mol. The van der Waals surface area contributed by atoms with Crippen LogP contribution in [0.25, 0.3) is 0 Å². The summed E-state index contributed by atoms with van der Waals surface area (Å²) in [6.45, 7) is 12.1. The predicted octanol–water partition coefficient (Wildman–Crippen LogP) is 1.83. The van der Waals surface area contributed by atoms with Gasteiger partial charge < -0.3 is 5.32 Å². The zero-order valence-electron chi connectivity index (χ0n) is 10.8. The second kappa shape index (κ2) is 5.30. The highest BCUT2D eigenvalue weighted by Gasteiger charge is 2.23. The van der Waals surface area contributed by atoms with Crippen molar-refractivity contribution in [2.45, 2.75) is 53.6 Å². The van der Waals surface area contributed by atoms with E-state index in [1.165, 1.54) is 0 Å². The van der Waals surface area contributed by atoms with E-state index in [4.69, 9.17) is 0 Å². The molecule has 0 fully saturated rings. The Kier molecular flexibility index (Phi) is 5.27. The molecule has 0 heterocycles. The second-order valence-electron chi connectivity index (χ2n) is 5.35. The van der Waals surface area contributed by atoms with E-state index in [-0.39, 0.29) is 23.0 Å². The maximum Gasteiger partial charge on any atom is 0.151 e. The molecule has 1 N–H and O–H groups in total. The Labute approximate surface area is 94.6 Å². The Hall–Kier alpha value is -0.0900. The highest BCUT2D eigenvalue weighted by Crippen LogP contribution is 2.19. The van der Waals surface area contributed by atoms with Gasteiger partial charge in [0.25, 0.3) is 0 Å². The average Bonchev–Trinajstić information content (AvgIpc) is 2.01. The summed E-state index contributed by atoms with van der Waals surface area (Å²) in [6, 6.07) is 0.323. The predicted molar refractivity (Wildman–Crippen MR) is 65.8 cm³/mol. The van der Waals surface area contributed by atoms with Gasteiger partial charge in [-0.1, -0.05) is 27.7 Å². The summed E-state index contributed by atoms with van der Waals surface area (Å²) in [5.41, 5.74) is 0.157. The molecular weight excluding hydrogens is 210 g/mol. The summed E-state index contributed by atoms with van der Waals surface area (Å²) in [6.07, 6.45) is 0. The van der Waals surface area contributed by atoms with Gasteiger partial charge in [-0.25, -0.2) is 8.42 Å². The van der Waals surface area contributed by atoms with Crippen LogP contribution in [0.1, 0.15) is 41.5 Å². The van der Waals surface area contributed by atoms with Crippen molar-refractivity contribution in [3.8, 4) is 0 Å². The maximum atomic E-state index is 11.4. The molecular formula is C11H25NO2S. The van der Waals surface area contributed by atoms with Crippen LogP contribution in [0, 0.1) is 5.41 Å². The van der Waals surface area contributed by atoms with Gasteiger partial charge in [-0.3, -0.25) is 0 Å². The van der Waals surface area contributed by atoms with Crippen molar-refractivity contribution in [3.63, 3.8) is 0 Å². The Morgan fingerprint density at radius 3 is 2.00 bits per heavy atom. The Balaban J connectivity index is 4.22. The first kappa shape index (κ1) is 14.9. The molecule has 92 valence electrons. The first-order valence-electron chi connectivity index (χ1n) is 5.55. The number of sulfone groups is 1. The fourth-order valence-corrected chi connectivity index (χ4v) is 2.32. The minimum atomic E-state index is -2.87. The van der Waals surface area contributed by atoms with Gasteiger partial charge in [0.15, 0.2) is 9.84 Å². The summed E-state index contributed by atoms with van der Waals surface area (Å²) in [5, 5.41) is 3.33. The van der Waals surface area contributed by atoms with Gasteiger partial charge in [-0.05, 0) is 19.3 Å². The minimum absolute atomic E-state index is 0.0178. The lowest BCUT2D eigenvalue weighted by molar-refractivity contribution is 0.272. The van der Waals surface area contributed by atoms with Crippen LogP contribution in [0.4, 0.5) is 0 Å². The van der Waals surface area contributed by atoms with Gasteiger partial charge in [0.05, 0.1) is 5.75 Å². The first-order chi connectivity index (χ1) is 6.58. The quantitative estimate of drug-likeness (QED) is 0.791.